The molecule has 0 amide bonds. The predicted molar refractivity (Wildman–Crippen MR) is 56.5 cm³/mol. The Morgan fingerprint density at radius 1 is 1.54 bits per heavy atom. The summed E-state index contributed by atoms with van der Waals surface area (Å²) in [7, 11) is 0. The van der Waals surface area contributed by atoms with Crippen LogP contribution in [0.2, 0.25) is 0 Å². The Kier molecular flexibility index (Phi) is 2.65. The number of rotatable bonds is 3. The van der Waals surface area contributed by atoms with Crippen molar-refractivity contribution >= 4 is 15.9 Å². The second kappa shape index (κ2) is 3.76. The van der Waals surface area contributed by atoms with Gasteiger partial charge in [0.1, 0.15) is 4.60 Å². The van der Waals surface area contributed by atoms with Gasteiger partial charge in [0.25, 0.3) is 0 Å². The number of aromatic nitrogens is 1. The molecule has 1 aromatic rings. The molecule has 0 aliphatic heterocycles. The Morgan fingerprint density at radius 2 is 2.31 bits per heavy atom. The second-order valence-electron chi connectivity index (χ2n) is 3.56. The van der Waals surface area contributed by atoms with Crippen molar-refractivity contribution in [3.8, 4) is 0 Å². The van der Waals surface area contributed by atoms with Gasteiger partial charge in [0.05, 0.1) is 0 Å². The first kappa shape index (κ1) is 9.16. The quantitative estimate of drug-likeness (QED) is 0.824. The van der Waals surface area contributed by atoms with Gasteiger partial charge in [-0.15, -0.1) is 0 Å². The molecule has 1 aromatic heterocycles. The van der Waals surface area contributed by atoms with Crippen LogP contribution >= 0.6 is 15.9 Å². The lowest BCUT2D eigenvalue weighted by molar-refractivity contribution is 0.598. The Balaban J connectivity index is 2.21. The number of pyridine rings is 1. The molecule has 0 radical (unpaired) electrons. The normalized spacial score (nSPS) is 18.6. The highest BCUT2D eigenvalue weighted by molar-refractivity contribution is 9.10. The maximum atomic E-state index is 5.74. The molecule has 1 aliphatic carbocycles. The Bertz CT molecular complexity index is 297. The molecular weight excluding hydrogens is 228 g/mol. The van der Waals surface area contributed by atoms with Crippen LogP contribution in [0.15, 0.2) is 22.8 Å². The molecule has 1 unspecified atom stereocenters. The molecule has 2 N–H and O–H groups in total. The number of halogens is 1. The summed E-state index contributed by atoms with van der Waals surface area (Å²) in [4.78, 5) is 4.44. The van der Waals surface area contributed by atoms with Gasteiger partial charge in [0, 0.05) is 18.2 Å². The van der Waals surface area contributed by atoms with Crippen LogP contribution in [-0.2, 0) is 0 Å². The molecule has 2 rings (SSSR count). The summed E-state index contributed by atoms with van der Waals surface area (Å²) < 4.78 is 0.907. The van der Waals surface area contributed by atoms with E-state index in [1.54, 1.807) is 0 Å². The van der Waals surface area contributed by atoms with E-state index in [0.29, 0.717) is 12.5 Å². The van der Waals surface area contributed by atoms with Gasteiger partial charge in [-0.05, 0) is 46.8 Å². The summed E-state index contributed by atoms with van der Waals surface area (Å²) in [5.41, 5.74) is 6.88. The SMILES string of the molecule is NCC(c1cccc(Br)n1)C1CC1. The highest BCUT2D eigenvalue weighted by Gasteiger charge is 2.31. The van der Waals surface area contributed by atoms with E-state index in [2.05, 4.69) is 27.0 Å². The molecule has 1 aliphatic rings. The maximum Gasteiger partial charge on any atom is 0.106 e. The smallest absolute Gasteiger partial charge is 0.106 e. The Morgan fingerprint density at radius 3 is 2.85 bits per heavy atom. The van der Waals surface area contributed by atoms with E-state index in [1.807, 2.05) is 12.1 Å². The molecular formula is C10H13BrN2. The molecule has 1 atom stereocenters. The van der Waals surface area contributed by atoms with Gasteiger partial charge in [0.2, 0.25) is 0 Å². The minimum atomic E-state index is 0.470. The van der Waals surface area contributed by atoms with Crippen LogP contribution in [0, 0.1) is 5.92 Å². The topological polar surface area (TPSA) is 38.9 Å². The van der Waals surface area contributed by atoms with Crippen LogP contribution in [0.4, 0.5) is 0 Å². The summed E-state index contributed by atoms with van der Waals surface area (Å²) in [5.74, 6) is 1.25. The first-order valence-corrected chi connectivity index (χ1v) is 5.43. The first-order valence-electron chi connectivity index (χ1n) is 4.64. The fourth-order valence-electron chi connectivity index (χ4n) is 1.68. The average molecular weight is 241 g/mol. The molecule has 1 saturated carbocycles. The molecule has 0 spiro atoms. The van der Waals surface area contributed by atoms with Crippen LogP contribution in [0.25, 0.3) is 0 Å². The maximum absolute atomic E-state index is 5.74. The number of nitrogens with zero attached hydrogens (tertiary/aromatic N) is 1. The van der Waals surface area contributed by atoms with Crippen LogP contribution in [0.1, 0.15) is 24.5 Å². The first-order chi connectivity index (χ1) is 6.31. The third-order valence-corrected chi connectivity index (χ3v) is 3.00. The van der Waals surface area contributed by atoms with Crippen LogP contribution in [0.3, 0.4) is 0 Å². The summed E-state index contributed by atoms with van der Waals surface area (Å²) in [6.07, 6.45) is 2.63. The zero-order valence-electron chi connectivity index (χ0n) is 7.41. The monoisotopic (exact) mass is 240 g/mol. The molecule has 3 heteroatoms. The van der Waals surface area contributed by atoms with E-state index in [-0.39, 0.29) is 0 Å². The van der Waals surface area contributed by atoms with Gasteiger partial charge in [0.15, 0.2) is 0 Å². The minimum absolute atomic E-state index is 0.470. The largest absolute Gasteiger partial charge is 0.330 e. The zero-order chi connectivity index (χ0) is 9.26. The lowest BCUT2D eigenvalue weighted by Gasteiger charge is -2.12. The zero-order valence-corrected chi connectivity index (χ0v) is 9.00. The van der Waals surface area contributed by atoms with Crippen molar-refractivity contribution in [2.24, 2.45) is 11.7 Å². The van der Waals surface area contributed by atoms with E-state index < -0.39 is 0 Å². The van der Waals surface area contributed by atoms with E-state index in [1.165, 1.54) is 12.8 Å². The van der Waals surface area contributed by atoms with E-state index in [0.717, 1.165) is 16.2 Å². The summed E-state index contributed by atoms with van der Waals surface area (Å²) in [6.45, 7) is 0.716. The van der Waals surface area contributed by atoms with Crippen molar-refractivity contribution in [1.82, 2.24) is 4.98 Å². The second-order valence-corrected chi connectivity index (χ2v) is 4.38. The van der Waals surface area contributed by atoms with Crippen molar-refractivity contribution in [2.45, 2.75) is 18.8 Å². The molecule has 2 nitrogen and oxygen atoms in total. The average Bonchev–Trinajstić information content (AvgIpc) is 2.90. The van der Waals surface area contributed by atoms with Crippen LogP contribution < -0.4 is 5.73 Å². The fourth-order valence-corrected chi connectivity index (χ4v) is 2.04. The van der Waals surface area contributed by atoms with Gasteiger partial charge in [-0.25, -0.2) is 4.98 Å². The molecule has 70 valence electrons. The van der Waals surface area contributed by atoms with Crippen molar-refractivity contribution in [3.63, 3.8) is 0 Å². The highest BCUT2D eigenvalue weighted by Crippen LogP contribution is 2.41. The molecule has 1 fully saturated rings. The third kappa shape index (κ3) is 2.09. The van der Waals surface area contributed by atoms with Crippen molar-refractivity contribution in [1.29, 1.82) is 0 Å². The van der Waals surface area contributed by atoms with E-state index in [9.17, 15) is 0 Å². The molecule has 1 heterocycles. The predicted octanol–water partition coefficient (Wildman–Crippen LogP) is 2.30. The van der Waals surface area contributed by atoms with Gasteiger partial charge in [-0.2, -0.15) is 0 Å². The Hall–Kier alpha value is -0.410. The van der Waals surface area contributed by atoms with Gasteiger partial charge in [-0.3, -0.25) is 0 Å². The third-order valence-electron chi connectivity index (χ3n) is 2.56. The number of nitrogens with two attached hydrogens (primary N) is 1. The summed E-state index contributed by atoms with van der Waals surface area (Å²) in [6, 6.07) is 6.04. The molecule has 0 bridgehead atoms. The summed E-state index contributed by atoms with van der Waals surface area (Å²) in [5, 5.41) is 0. The number of hydrogen-bond acceptors (Lipinski definition) is 2. The fraction of sp³-hybridized carbons (Fsp3) is 0.500. The van der Waals surface area contributed by atoms with Gasteiger partial charge >= 0.3 is 0 Å². The van der Waals surface area contributed by atoms with E-state index >= 15 is 0 Å². The van der Waals surface area contributed by atoms with Gasteiger partial charge in [-0.1, -0.05) is 6.07 Å². The van der Waals surface area contributed by atoms with Crippen molar-refractivity contribution in [2.75, 3.05) is 6.54 Å². The lowest BCUT2D eigenvalue weighted by Crippen LogP contribution is -2.15. The van der Waals surface area contributed by atoms with Crippen molar-refractivity contribution < 1.29 is 0 Å². The van der Waals surface area contributed by atoms with Crippen LogP contribution in [0.5, 0.6) is 0 Å². The molecule has 0 aromatic carbocycles. The Labute approximate surface area is 86.7 Å². The van der Waals surface area contributed by atoms with Crippen molar-refractivity contribution in [3.05, 3.63) is 28.5 Å². The van der Waals surface area contributed by atoms with Gasteiger partial charge < -0.3 is 5.73 Å². The number of hydrogen-bond donors (Lipinski definition) is 1. The summed E-state index contributed by atoms with van der Waals surface area (Å²) >= 11 is 3.38. The minimum Gasteiger partial charge on any atom is -0.330 e. The highest BCUT2D eigenvalue weighted by atomic mass is 79.9. The van der Waals surface area contributed by atoms with Crippen LogP contribution in [-0.4, -0.2) is 11.5 Å². The lowest BCUT2D eigenvalue weighted by atomic mass is 9.99. The molecule has 13 heavy (non-hydrogen) atoms. The van der Waals surface area contributed by atoms with E-state index in [4.69, 9.17) is 5.73 Å². The molecule has 0 saturated heterocycles. The standard InChI is InChI=1S/C10H13BrN2/c11-10-3-1-2-9(13-10)8(6-12)7-4-5-7/h1-3,7-8H,4-6,12H2.